The average molecular weight is 345 g/mol. The molecule has 0 aromatic heterocycles. The maximum atomic E-state index is 11.3. The van der Waals surface area contributed by atoms with E-state index in [9.17, 15) is 4.79 Å². The van der Waals surface area contributed by atoms with Crippen LogP contribution in [0.4, 0.5) is 5.69 Å². The summed E-state index contributed by atoms with van der Waals surface area (Å²) in [4.78, 5) is 13.6. The molecule has 0 amide bonds. The van der Waals surface area contributed by atoms with Gasteiger partial charge in [0.05, 0.1) is 12.2 Å². The lowest BCUT2D eigenvalue weighted by Gasteiger charge is -2.26. The molecule has 3 aromatic carbocycles. The Morgan fingerprint density at radius 2 is 1.42 bits per heavy atom. The number of hydrogen-bond acceptors (Lipinski definition) is 3. The molecule has 3 aromatic rings. The highest BCUT2D eigenvalue weighted by molar-refractivity contribution is 5.80. The first-order chi connectivity index (χ1) is 12.8. The Morgan fingerprint density at radius 1 is 0.846 bits per heavy atom. The molecular formula is C23H23NO2. The lowest BCUT2D eigenvalue weighted by atomic mass is 10.1. The van der Waals surface area contributed by atoms with Crippen molar-refractivity contribution >= 4 is 12.0 Å². The number of rotatable bonds is 8. The van der Waals surface area contributed by atoms with E-state index in [1.54, 1.807) is 0 Å². The first-order valence-corrected chi connectivity index (χ1v) is 8.85. The lowest BCUT2D eigenvalue weighted by molar-refractivity contribution is 0.112. The molecule has 132 valence electrons. The predicted molar refractivity (Wildman–Crippen MR) is 106 cm³/mol. The van der Waals surface area contributed by atoms with Gasteiger partial charge in [-0.3, -0.25) is 4.79 Å². The zero-order valence-electron chi connectivity index (χ0n) is 15.0. The lowest BCUT2D eigenvalue weighted by Crippen LogP contribution is -2.22. The van der Waals surface area contributed by atoms with Crippen LogP contribution in [-0.2, 0) is 13.1 Å². The third kappa shape index (κ3) is 4.51. The molecule has 0 saturated heterocycles. The van der Waals surface area contributed by atoms with Gasteiger partial charge in [0.15, 0.2) is 6.29 Å². The van der Waals surface area contributed by atoms with Crippen molar-refractivity contribution in [2.24, 2.45) is 0 Å². The van der Waals surface area contributed by atoms with Crippen LogP contribution in [0, 0.1) is 0 Å². The van der Waals surface area contributed by atoms with Crippen molar-refractivity contribution in [3.63, 3.8) is 0 Å². The number of aldehydes is 1. The second kappa shape index (κ2) is 8.86. The van der Waals surface area contributed by atoms with Crippen molar-refractivity contribution in [3.8, 4) is 5.75 Å². The molecular weight excluding hydrogens is 322 g/mol. The SMILES string of the molecule is CCOc1cc(N(Cc2ccccc2)Cc2ccccc2)ccc1C=O. The molecule has 0 atom stereocenters. The third-order valence-corrected chi connectivity index (χ3v) is 4.22. The highest BCUT2D eigenvalue weighted by Crippen LogP contribution is 2.27. The largest absolute Gasteiger partial charge is 0.493 e. The summed E-state index contributed by atoms with van der Waals surface area (Å²) in [6, 6.07) is 26.5. The van der Waals surface area contributed by atoms with Gasteiger partial charge < -0.3 is 9.64 Å². The Kier molecular flexibility index (Phi) is 6.05. The zero-order chi connectivity index (χ0) is 18.2. The Hall–Kier alpha value is -3.07. The van der Waals surface area contributed by atoms with Gasteiger partial charge in [-0.25, -0.2) is 0 Å². The number of carbonyl (C=O) groups excluding carboxylic acids is 1. The van der Waals surface area contributed by atoms with Gasteiger partial charge in [-0.05, 0) is 30.2 Å². The van der Waals surface area contributed by atoms with Gasteiger partial charge >= 0.3 is 0 Å². The summed E-state index contributed by atoms with van der Waals surface area (Å²) in [6.07, 6.45) is 0.841. The summed E-state index contributed by atoms with van der Waals surface area (Å²) in [5, 5.41) is 0. The van der Waals surface area contributed by atoms with Crippen molar-refractivity contribution in [2.75, 3.05) is 11.5 Å². The summed E-state index contributed by atoms with van der Waals surface area (Å²) in [7, 11) is 0. The summed E-state index contributed by atoms with van der Waals surface area (Å²) in [5.41, 5.74) is 4.09. The van der Waals surface area contributed by atoms with Gasteiger partial charge in [0, 0.05) is 24.8 Å². The van der Waals surface area contributed by atoms with Crippen molar-refractivity contribution in [2.45, 2.75) is 20.0 Å². The highest BCUT2D eigenvalue weighted by Gasteiger charge is 2.12. The van der Waals surface area contributed by atoms with E-state index in [4.69, 9.17) is 4.74 Å². The molecule has 0 bridgehead atoms. The van der Waals surface area contributed by atoms with Crippen molar-refractivity contribution in [1.29, 1.82) is 0 Å². The molecule has 0 fully saturated rings. The van der Waals surface area contributed by atoms with E-state index >= 15 is 0 Å². The van der Waals surface area contributed by atoms with Crippen LogP contribution in [-0.4, -0.2) is 12.9 Å². The second-order valence-corrected chi connectivity index (χ2v) is 6.10. The van der Waals surface area contributed by atoms with Crippen LogP contribution in [0.15, 0.2) is 78.9 Å². The molecule has 0 aliphatic rings. The summed E-state index contributed by atoms with van der Waals surface area (Å²) in [5.74, 6) is 0.631. The maximum Gasteiger partial charge on any atom is 0.153 e. The standard InChI is InChI=1S/C23H23NO2/c1-2-26-23-15-22(14-13-21(23)18-25)24(16-19-9-5-3-6-10-19)17-20-11-7-4-8-12-20/h3-15,18H,2,16-17H2,1H3. The molecule has 0 aliphatic carbocycles. The van der Waals surface area contributed by atoms with Crippen LogP contribution in [0.1, 0.15) is 28.4 Å². The smallest absolute Gasteiger partial charge is 0.153 e. The van der Waals surface area contributed by atoms with Crippen molar-refractivity contribution in [3.05, 3.63) is 95.6 Å². The van der Waals surface area contributed by atoms with Crippen LogP contribution in [0.25, 0.3) is 0 Å². The number of anilines is 1. The molecule has 0 aliphatic heterocycles. The molecule has 3 nitrogen and oxygen atoms in total. The second-order valence-electron chi connectivity index (χ2n) is 6.10. The van der Waals surface area contributed by atoms with E-state index < -0.39 is 0 Å². The molecule has 0 radical (unpaired) electrons. The van der Waals surface area contributed by atoms with Crippen molar-refractivity contribution in [1.82, 2.24) is 0 Å². The van der Waals surface area contributed by atoms with E-state index in [0.717, 1.165) is 25.1 Å². The minimum absolute atomic E-state index is 0.529. The average Bonchev–Trinajstić information content (AvgIpc) is 2.69. The third-order valence-electron chi connectivity index (χ3n) is 4.22. The van der Waals surface area contributed by atoms with E-state index in [2.05, 4.69) is 53.4 Å². The number of carbonyl (C=O) groups is 1. The molecule has 0 saturated carbocycles. The van der Waals surface area contributed by atoms with E-state index in [0.29, 0.717) is 17.9 Å². The van der Waals surface area contributed by atoms with Crippen molar-refractivity contribution < 1.29 is 9.53 Å². The van der Waals surface area contributed by atoms with Gasteiger partial charge in [-0.15, -0.1) is 0 Å². The van der Waals surface area contributed by atoms with Crippen LogP contribution in [0.3, 0.4) is 0 Å². The number of benzene rings is 3. The monoisotopic (exact) mass is 345 g/mol. The molecule has 3 rings (SSSR count). The molecule has 0 heterocycles. The van der Waals surface area contributed by atoms with E-state index in [1.807, 2.05) is 37.3 Å². The van der Waals surface area contributed by atoms with E-state index in [1.165, 1.54) is 11.1 Å². The fraction of sp³-hybridized carbons (Fsp3) is 0.174. The van der Waals surface area contributed by atoms with Gasteiger partial charge in [-0.1, -0.05) is 60.7 Å². The summed E-state index contributed by atoms with van der Waals surface area (Å²) >= 11 is 0. The topological polar surface area (TPSA) is 29.5 Å². The molecule has 0 spiro atoms. The fourth-order valence-corrected chi connectivity index (χ4v) is 2.94. The highest BCUT2D eigenvalue weighted by atomic mass is 16.5. The van der Waals surface area contributed by atoms with Crippen LogP contribution in [0.5, 0.6) is 5.75 Å². The maximum absolute atomic E-state index is 11.3. The van der Waals surface area contributed by atoms with Gasteiger partial charge in [0.25, 0.3) is 0 Å². The zero-order valence-corrected chi connectivity index (χ0v) is 15.0. The quantitative estimate of drug-likeness (QED) is 0.532. The Bertz CT molecular complexity index is 790. The summed E-state index contributed by atoms with van der Waals surface area (Å²) < 4.78 is 5.66. The van der Waals surface area contributed by atoms with Gasteiger partial charge in [-0.2, -0.15) is 0 Å². The molecule has 0 N–H and O–H groups in total. The molecule has 3 heteroatoms. The fourth-order valence-electron chi connectivity index (χ4n) is 2.94. The van der Waals surface area contributed by atoms with E-state index in [-0.39, 0.29) is 0 Å². The first-order valence-electron chi connectivity index (χ1n) is 8.85. The first kappa shape index (κ1) is 17.7. The van der Waals surface area contributed by atoms with Crippen LogP contribution >= 0.6 is 0 Å². The normalized spacial score (nSPS) is 10.3. The number of hydrogen-bond donors (Lipinski definition) is 0. The number of ether oxygens (including phenoxy) is 1. The minimum Gasteiger partial charge on any atom is -0.493 e. The van der Waals surface area contributed by atoms with Gasteiger partial charge in [0.1, 0.15) is 5.75 Å². The molecule has 26 heavy (non-hydrogen) atoms. The predicted octanol–water partition coefficient (Wildman–Crippen LogP) is 5.10. The Balaban J connectivity index is 1.93. The van der Waals surface area contributed by atoms with Crippen LogP contribution < -0.4 is 9.64 Å². The molecule has 0 unspecified atom stereocenters. The summed E-state index contributed by atoms with van der Waals surface area (Å²) in [6.45, 7) is 4.01. The Labute approximate surface area is 154 Å². The van der Waals surface area contributed by atoms with Crippen LogP contribution in [0.2, 0.25) is 0 Å². The van der Waals surface area contributed by atoms with Gasteiger partial charge in [0.2, 0.25) is 0 Å². The minimum atomic E-state index is 0.529. The number of nitrogens with zero attached hydrogens (tertiary/aromatic N) is 1. The Morgan fingerprint density at radius 3 is 1.92 bits per heavy atom.